The highest BCUT2D eigenvalue weighted by atomic mass is 32.2. The first-order valence-corrected chi connectivity index (χ1v) is 6.15. The first kappa shape index (κ1) is 6.96. The van der Waals surface area contributed by atoms with Crippen LogP contribution in [0.4, 0.5) is 0 Å². The summed E-state index contributed by atoms with van der Waals surface area (Å²) in [6, 6.07) is 0.409. The third-order valence-corrected chi connectivity index (χ3v) is 6.25. The molecule has 0 bridgehead atoms. The van der Waals surface area contributed by atoms with Crippen LogP contribution < -0.4 is 0 Å². The molecule has 2 heterocycles. The third kappa shape index (κ3) is 0.676. The largest absolute Gasteiger partial charge is 0.760 e. The Kier molecular flexibility index (Phi) is 1.18. The van der Waals surface area contributed by atoms with E-state index in [0.717, 1.165) is 27.2 Å². The van der Waals surface area contributed by atoms with E-state index in [1.165, 1.54) is 6.16 Å². The predicted octanol–water partition coefficient (Wildman–Crippen LogP) is -0.0845. The summed E-state index contributed by atoms with van der Waals surface area (Å²) in [5.41, 5.74) is 1.24. The molecule has 5 heteroatoms. The van der Waals surface area contributed by atoms with Crippen LogP contribution in [0, 0.1) is 5.41 Å². The van der Waals surface area contributed by atoms with Gasteiger partial charge in [-0.15, -0.1) is 8.58 Å². The van der Waals surface area contributed by atoms with Crippen molar-refractivity contribution >= 4 is 19.8 Å². The molecule has 0 radical (unpaired) electrons. The van der Waals surface area contributed by atoms with Crippen LogP contribution in [0.3, 0.4) is 0 Å². The fraction of sp³-hybridized carbons (Fsp3) is 1.00. The van der Waals surface area contributed by atoms with E-state index >= 15 is 0 Å². The van der Waals surface area contributed by atoms with E-state index in [-0.39, 0.29) is 0 Å². The Morgan fingerprint density at radius 1 is 1.73 bits per heavy atom. The van der Waals surface area contributed by atoms with Gasteiger partial charge in [0.2, 0.25) is 0 Å². The van der Waals surface area contributed by atoms with Crippen molar-refractivity contribution < 1.29 is 8.76 Å². The SMILES string of the molecule is O=S([O-])N1CC2PCC23CC13. The van der Waals surface area contributed by atoms with Crippen LogP contribution in [0.25, 0.3) is 0 Å². The van der Waals surface area contributed by atoms with Gasteiger partial charge in [-0.2, -0.15) is 0 Å². The van der Waals surface area contributed by atoms with Crippen LogP contribution in [0.1, 0.15) is 6.42 Å². The molecular formula is C6H9NO2PS-. The van der Waals surface area contributed by atoms with Crippen molar-refractivity contribution in [3.63, 3.8) is 0 Å². The van der Waals surface area contributed by atoms with E-state index < -0.39 is 11.3 Å². The Labute approximate surface area is 69.7 Å². The van der Waals surface area contributed by atoms with Gasteiger partial charge in [0, 0.05) is 23.9 Å². The van der Waals surface area contributed by atoms with Gasteiger partial charge in [0.25, 0.3) is 0 Å². The maximum absolute atomic E-state index is 10.7. The average Bonchev–Trinajstić information content (AvgIpc) is 2.58. The van der Waals surface area contributed by atoms with Crippen LogP contribution in [-0.2, 0) is 11.3 Å². The van der Waals surface area contributed by atoms with E-state index in [9.17, 15) is 8.76 Å². The fourth-order valence-corrected chi connectivity index (χ4v) is 5.41. The smallest absolute Gasteiger partial charge is 0.0288 e. The summed E-state index contributed by atoms with van der Waals surface area (Å²) < 4.78 is 23.0. The molecule has 5 atom stereocenters. The lowest BCUT2D eigenvalue weighted by Crippen LogP contribution is -2.32. The average molecular weight is 190 g/mol. The first-order valence-electron chi connectivity index (χ1n) is 3.83. The van der Waals surface area contributed by atoms with Crippen molar-refractivity contribution in [2.45, 2.75) is 18.1 Å². The third-order valence-electron chi connectivity index (χ3n) is 3.35. The maximum Gasteiger partial charge on any atom is 0.0288 e. The van der Waals surface area contributed by atoms with E-state index in [2.05, 4.69) is 0 Å². The van der Waals surface area contributed by atoms with Crippen molar-refractivity contribution in [1.82, 2.24) is 4.31 Å². The lowest BCUT2D eigenvalue weighted by Gasteiger charge is -2.33. The van der Waals surface area contributed by atoms with Gasteiger partial charge in [-0.1, -0.05) is 0 Å². The van der Waals surface area contributed by atoms with E-state index in [0.29, 0.717) is 11.5 Å². The Bertz CT molecular complexity index is 249. The highest BCUT2D eigenvalue weighted by Crippen LogP contribution is 2.71. The van der Waals surface area contributed by atoms with Gasteiger partial charge >= 0.3 is 0 Å². The molecule has 11 heavy (non-hydrogen) atoms. The van der Waals surface area contributed by atoms with Gasteiger partial charge in [0.1, 0.15) is 0 Å². The zero-order chi connectivity index (χ0) is 7.64. The number of nitrogens with zero attached hydrogens (tertiary/aromatic N) is 1. The number of piperidine rings is 1. The molecule has 3 nitrogen and oxygen atoms in total. The highest BCUT2D eigenvalue weighted by Gasteiger charge is 2.71. The second kappa shape index (κ2) is 1.87. The Balaban J connectivity index is 1.88. The van der Waals surface area contributed by atoms with Gasteiger partial charge in [-0.25, -0.2) is 4.31 Å². The van der Waals surface area contributed by atoms with Crippen molar-refractivity contribution in [2.24, 2.45) is 5.41 Å². The van der Waals surface area contributed by atoms with Gasteiger partial charge in [0.15, 0.2) is 0 Å². The van der Waals surface area contributed by atoms with Crippen LogP contribution in [0.5, 0.6) is 0 Å². The number of rotatable bonds is 1. The van der Waals surface area contributed by atoms with Crippen LogP contribution in [0.15, 0.2) is 0 Å². The topological polar surface area (TPSA) is 43.4 Å². The van der Waals surface area contributed by atoms with E-state index in [4.69, 9.17) is 0 Å². The molecule has 3 aliphatic rings. The van der Waals surface area contributed by atoms with Crippen molar-refractivity contribution in [1.29, 1.82) is 0 Å². The first-order chi connectivity index (χ1) is 5.24. The molecule has 5 unspecified atom stereocenters. The molecule has 0 aromatic rings. The molecule has 1 spiro atoms. The lowest BCUT2D eigenvalue weighted by molar-refractivity contribution is 0.413. The fourth-order valence-electron chi connectivity index (χ4n) is 2.48. The minimum Gasteiger partial charge on any atom is -0.760 e. The van der Waals surface area contributed by atoms with Gasteiger partial charge < -0.3 is 4.55 Å². The molecule has 3 fully saturated rings. The van der Waals surface area contributed by atoms with Crippen LogP contribution >= 0.6 is 8.58 Å². The lowest BCUT2D eigenvalue weighted by atomic mass is 10.1. The molecule has 1 saturated carbocycles. The van der Waals surface area contributed by atoms with E-state index in [1.807, 2.05) is 0 Å². The van der Waals surface area contributed by atoms with Gasteiger partial charge in [-0.05, 0) is 23.7 Å². The van der Waals surface area contributed by atoms with Crippen molar-refractivity contribution in [3.8, 4) is 0 Å². The Morgan fingerprint density at radius 2 is 2.55 bits per heavy atom. The summed E-state index contributed by atoms with van der Waals surface area (Å²) in [5.74, 6) is 0. The summed E-state index contributed by atoms with van der Waals surface area (Å²) in [6.07, 6.45) is 2.45. The van der Waals surface area contributed by atoms with Crippen molar-refractivity contribution in [3.05, 3.63) is 0 Å². The normalized spacial score (nSPS) is 58.3. The zero-order valence-corrected chi connectivity index (χ0v) is 7.76. The van der Waals surface area contributed by atoms with Gasteiger partial charge in [-0.3, -0.25) is 4.21 Å². The number of hydrogen-bond acceptors (Lipinski definition) is 2. The Hall–Kier alpha value is 0.500. The number of hydrogen-bond donors (Lipinski definition) is 0. The minimum absolute atomic E-state index is 0.409. The highest BCUT2D eigenvalue weighted by molar-refractivity contribution is 7.76. The summed E-state index contributed by atoms with van der Waals surface area (Å²) in [4.78, 5) is 0. The van der Waals surface area contributed by atoms with Gasteiger partial charge in [0.05, 0.1) is 0 Å². The Morgan fingerprint density at radius 3 is 2.82 bits per heavy atom. The molecule has 3 rings (SSSR count). The zero-order valence-electron chi connectivity index (χ0n) is 5.95. The molecule has 0 aromatic carbocycles. The maximum atomic E-state index is 10.7. The quantitative estimate of drug-likeness (QED) is 0.428. The van der Waals surface area contributed by atoms with E-state index in [1.54, 1.807) is 4.31 Å². The molecule has 0 N–H and O–H groups in total. The summed E-state index contributed by atoms with van der Waals surface area (Å²) in [5, 5.41) is 0. The molecule has 2 saturated heterocycles. The summed E-state index contributed by atoms with van der Waals surface area (Å²) in [6.45, 7) is 0.819. The molecule has 1 aliphatic carbocycles. The molecule has 2 aliphatic heterocycles. The minimum atomic E-state index is -1.95. The molecule has 0 aromatic heterocycles. The standard InChI is InChI=1S/C6H10NO2PS/c8-11(9)7-2-5-6(3-10-5)1-4(6)7/h4-5,10H,1-3H2,(H,8,9)/p-1. The van der Waals surface area contributed by atoms with Crippen LogP contribution in [0.2, 0.25) is 0 Å². The summed E-state index contributed by atoms with van der Waals surface area (Å²) >= 11 is -1.95. The second-order valence-corrected chi connectivity index (χ2v) is 6.07. The van der Waals surface area contributed by atoms with Crippen LogP contribution in [-0.4, -0.2) is 37.5 Å². The molecular weight excluding hydrogens is 181 g/mol. The summed E-state index contributed by atoms with van der Waals surface area (Å²) in [7, 11) is 1.03. The van der Waals surface area contributed by atoms with Crippen molar-refractivity contribution in [2.75, 3.05) is 12.7 Å². The predicted molar refractivity (Wildman–Crippen MR) is 43.4 cm³/mol. The second-order valence-electron chi connectivity index (χ2n) is 3.70. The molecule has 0 amide bonds. The monoisotopic (exact) mass is 190 g/mol. The molecule has 62 valence electrons.